The largest absolute Gasteiger partial charge is 0.360 e. The van der Waals surface area contributed by atoms with E-state index in [-0.39, 0.29) is 11.7 Å². The van der Waals surface area contributed by atoms with E-state index in [2.05, 4.69) is 41.3 Å². The topological polar surface area (TPSA) is 30.9 Å². The van der Waals surface area contributed by atoms with E-state index < -0.39 is 0 Å². The van der Waals surface area contributed by atoms with Crippen LogP contribution in [0, 0.1) is 0 Å². The van der Waals surface area contributed by atoms with E-state index in [0.29, 0.717) is 19.2 Å². The van der Waals surface area contributed by atoms with Gasteiger partial charge >= 0.3 is 0 Å². The average molecular weight is 374 g/mol. The summed E-state index contributed by atoms with van der Waals surface area (Å²) in [6, 6.07) is 16.8. The maximum atomic E-state index is 6.12. The lowest BCUT2D eigenvalue weighted by molar-refractivity contribution is -0.0968. The zero-order valence-electron chi connectivity index (χ0n) is 15.2. The Morgan fingerprint density at radius 3 is 2.62 bits per heavy atom. The number of hydrogen-bond acceptors (Lipinski definition) is 4. The number of halogens is 1. The standard InChI is InChI=1S/C21H24ClNO3/c1-24-20(25-2)12-23-14-26-13-21(17-5-3-4-6-19(17)23)11-18(21)15-7-9-16(22)10-8-15/h3-10,18,20H,11-14H2,1-2H3. The van der Waals surface area contributed by atoms with Gasteiger partial charge in [-0.2, -0.15) is 0 Å². The highest BCUT2D eigenvalue weighted by molar-refractivity contribution is 6.30. The van der Waals surface area contributed by atoms with Crippen molar-refractivity contribution >= 4 is 17.3 Å². The third-order valence-electron chi connectivity index (χ3n) is 5.63. The molecule has 4 rings (SSSR count). The van der Waals surface area contributed by atoms with Crippen LogP contribution in [0.1, 0.15) is 23.5 Å². The summed E-state index contributed by atoms with van der Waals surface area (Å²) in [5, 5.41) is 0.775. The fraction of sp³-hybridized carbons (Fsp3) is 0.429. The molecule has 2 aliphatic rings. The predicted molar refractivity (Wildman–Crippen MR) is 103 cm³/mol. The minimum atomic E-state index is -0.285. The fourth-order valence-electron chi connectivity index (χ4n) is 4.13. The molecule has 2 aromatic rings. The number of benzene rings is 2. The molecule has 1 fully saturated rings. The Morgan fingerprint density at radius 1 is 1.15 bits per heavy atom. The van der Waals surface area contributed by atoms with Gasteiger partial charge in [-0.05, 0) is 41.7 Å². The number of anilines is 1. The summed E-state index contributed by atoms with van der Waals surface area (Å²) in [4.78, 5) is 2.21. The summed E-state index contributed by atoms with van der Waals surface area (Å²) in [6.07, 6.45) is 0.810. The van der Waals surface area contributed by atoms with E-state index in [4.69, 9.17) is 25.8 Å². The first kappa shape index (κ1) is 17.8. The summed E-state index contributed by atoms with van der Waals surface area (Å²) < 4.78 is 16.9. The minimum absolute atomic E-state index is 0.0365. The van der Waals surface area contributed by atoms with E-state index in [9.17, 15) is 0 Å². The number of rotatable bonds is 5. The summed E-state index contributed by atoms with van der Waals surface area (Å²) >= 11 is 6.06. The number of methoxy groups -OCH3 is 2. The van der Waals surface area contributed by atoms with Crippen LogP contribution in [-0.4, -0.2) is 40.4 Å². The van der Waals surface area contributed by atoms with E-state index in [1.54, 1.807) is 14.2 Å². The number of hydrogen-bond donors (Lipinski definition) is 0. The van der Waals surface area contributed by atoms with Crippen LogP contribution in [0.3, 0.4) is 0 Å². The lowest BCUT2D eigenvalue weighted by atomic mass is 9.90. The lowest BCUT2D eigenvalue weighted by Gasteiger charge is -2.28. The Hall–Kier alpha value is -1.59. The molecular weight excluding hydrogens is 350 g/mol. The van der Waals surface area contributed by atoms with Gasteiger partial charge in [0.2, 0.25) is 0 Å². The maximum Gasteiger partial charge on any atom is 0.174 e. The summed E-state index contributed by atoms with van der Waals surface area (Å²) in [7, 11) is 3.33. The van der Waals surface area contributed by atoms with Crippen LogP contribution in [0.2, 0.25) is 5.02 Å². The van der Waals surface area contributed by atoms with Gasteiger partial charge in [-0.1, -0.05) is 41.9 Å². The molecule has 1 heterocycles. The molecule has 2 unspecified atom stereocenters. The third-order valence-corrected chi connectivity index (χ3v) is 5.88. The van der Waals surface area contributed by atoms with Crippen molar-refractivity contribution in [2.75, 3.05) is 39.0 Å². The van der Waals surface area contributed by atoms with Crippen LogP contribution in [0.15, 0.2) is 48.5 Å². The molecule has 5 heteroatoms. The van der Waals surface area contributed by atoms with Crippen molar-refractivity contribution in [1.82, 2.24) is 0 Å². The number of nitrogens with zero attached hydrogens (tertiary/aromatic N) is 1. The van der Waals surface area contributed by atoms with Crippen molar-refractivity contribution in [1.29, 1.82) is 0 Å². The molecule has 4 nitrogen and oxygen atoms in total. The molecule has 26 heavy (non-hydrogen) atoms. The zero-order valence-corrected chi connectivity index (χ0v) is 15.9. The van der Waals surface area contributed by atoms with Crippen molar-refractivity contribution in [3.63, 3.8) is 0 Å². The molecular formula is C21H24ClNO3. The normalized spacial score (nSPS) is 24.6. The van der Waals surface area contributed by atoms with E-state index in [1.807, 2.05) is 12.1 Å². The van der Waals surface area contributed by atoms with Crippen LogP contribution in [-0.2, 0) is 19.6 Å². The third kappa shape index (κ3) is 3.12. The quantitative estimate of drug-likeness (QED) is 0.736. The predicted octanol–water partition coefficient (Wildman–Crippen LogP) is 4.18. The molecule has 0 bridgehead atoms. The highest BCUT2D eigenvalue weighted by atomic mass is 35.5. The van der Waals surface area contributed by atoms with E-state index in [0.717, 1.165) is 18.1 Å². The molecule has 1 aliphatic heterocycles. The van der Waals surface area contributed by atoms with Gasteiger partial charge in [-0.25, -0.2) is 0 Å². The van der Waals surface area contributed by atoms with Gasteiger partial charge in [0.25, 0.3) is 0 Å². The van der Waals surface area contributed by atoms with Crippen LogP contribution in [0.4, 0.5) is 5.69 Å². The Balaban J connectivity index is 1.66. The SMILES string of the molecule is COC(CN1COCC2(CC2c2ccc(Cl)cc2)c2ccccc21)OC. The first-order valence-electron chi connectivity index (χ1n) is 8.91. The second-order valence-corrected chi connectivity index (χ2v) is 7.52. The molecule has 0 amide bonds. The lowest BCUT2D eigenvalue weighted by Crippen LogP contribution is -2.35. The monoisotopic (exact) mass is 373 g/mol. The Bertz CT molecular complexity index is 762. The van der Waals surface area contributed by atoms with Gasteiger partial charge in [0, 0.05) is 30.3 Å². The molecule has 0 aromatic heterocycles. The Labute approximate surface area is 159 Å². The van der Waals surface area contributed by atoms with Gasteiger partial charge in [0.15, 0.2) is 6.29 Å². The maximum absolute atomic E-state index is 6.12. The van der Waals surface area contributed by atoms with Gasteiger partial charge in [-0.15, -0.1) is 0 Å². The minimum Gasteiger partial charge on any atom is -0.360 e. The van der Waals surface area contributed by atoms with Crippen LogP contribution in [0.25, 0.3) is 0 Å². The van der Waals surface area contributed by atoms with Gasteiger partial charge in [0.1, 0.15) is 6.73 Å². The van der Waals surface area contributed by atoms with Crippen molar-refractivity contribution < 1.29 is 14.2 Å². The Morgan fingerprint density at radius 2 is 1.88 bits per heavy atom. The van der Waals surface area contributed by atoms with E-state index >= 15 is 0 Å². The average Bonchev–Trinajstić information content (AvgIpc) is 3.43. The molecule has 1 saturated carbocycles. The molecule has 1 aliphatic carbocycles. The molecule has 138 valence electrons. The van der Waals surface area contributed by atoms with Crippen molar-refractivity contribution in [2.45, 2.75) is 24.0 Å². The number of fused-ring (bicyclic) bond motifs is 2. The first-order valence-corrected chi connectivity index (χ1v) is 9.29. The summed E-state index contributed by atoms with van der Waals surface area (Å²) in [5.74, 6) is 0.460. The first-order chi connectivity index (χ1) is 12.7. The molecule has 1 spiro atoms. The van der Waals surface area contributed by atoms with Gasteiger partial charge in [0.05, 0.1) is 13.2 Å². The fourth-order valence-corrected chi connectivity index (χ4v) is 4.25. The van der Waals surface area contributed by atoms with Crippen molar-refractivity contribution in [2.24, 2.45) is 0 Å². The number of para-hydroxylation sites is 1. The van der Waals surface area contributed by atoms with Gasteiger partial charge in [-0.3, -0.25) is 0 Å². The van der Waals surface area contributed by atoms with Crippen LogP contribution >= 0.6 is 11.6 Å². The molecule has 0 saturated heterocycles. The molecule has 2 aromatic carbocycles. The summed E-state index contributed by atoms with van der Waals surface area (Å²) in [5.41, 5.74) is 3.92. The highest BCUT2D eigenvalue weighted by Gasteiger charge is 2.58. The summed E-state index contributed by atoms with van der Waals surface area (Å²) in [6.45, 7) is 1.89. The van der Waals surface area contributed by atoms with Gasteiger partial charge < -0.3 is 19.1 Å². The van der Waals surface area contributed by atoms with Crippen molar-refractivity contribution in [3.05, 3.63) is 64.7 Å². The highest BCUT2D eigenvalue weighted by Crippen LogP contribution is 2.63. The van der Waals surface area contributed by atoms with Crippen LogP contribution < -0.4 is 4.90 Å². The zero-order chi connectivity index (χ0) is 18.1. The number of ether oxygens (including phenoxy) is 3. The molecule has 0 radical (unpaired) electrons. The van der Waals surface area contributed by atoms with Crippen molar-refractivity contribution in [3.8, 4) is 0 Å². The second kappa shape index (κ2) is 7.20. The van der Waals surface area contributed by atoms with Crippen LogP contribution in [0.5, 0.6) is 0 Å². The molecule has 0 N–H and O–H groups in total. The smallest absolute Gasteiger partial charge is 0.174 e. The molecule has 2 atom stereocenters. The van der Waals surface area contributed by atoms with E-state index in [1.165, 1.54) is 16.8 Å². The Kier molecular flexibility index (Phi) is 4.93. The second-order valence-electron chi connectivity index (χ2n) is 7.08.